The standard InChI is InChI=1S/C20H23N5O3S/c1-14-11-15(2)21-18(12-14)23-20(26)19-22-16(17-5-3-4-6-25(17)19)13-24-7-9-29(27,28)10-8-24/h3-6,11-12H,7-10,13H2,1-2H3,(H,21,23,26)/p+1. The van der Waals surface area contributed by atoms with Crippen LogP contribution in [0.25, 0.3) is 5.52 Å². The maximum Gasteiger partial charge on any atom is 0.293 e. The number of aryl methyl sites for hydroxylation is 2. The number of pyridine rings is 2. The molecule has 0 unspecified atom stereocenters. The molecule has 8 nitrogen and oxygen atoms in total. The highest BCUT2D eigenvalue weighted by molar-refractivity contribution is 7.91. The van der Waals surface area contributed by atoms with Gasteiger partial charge in [0.25, 0.3) is 5.91 Å². The molecule has 3 aromatic rings. The normalized spacial score (nSPS) is 16.8. The molecule has 9 heteroatoms. The molecule has 1 fully saturated rings. The molecule has 3 aromatic heterocycles. The van der Waals surface area contributed by atoms with E-state index in [4.69, 9.17) is 0 Å². The first-order valence-electron chi connectivity index (χ1n) is 9.57. The predicted molar refractivity (Wildman–Crippen MR) is 110 cm³/mol. The third kappa shape index (κ3) is 4.30. The van der Waals surface area contributed by atoms with Crippen molar-refractivity contribution in [2.75, 3.05) is 29.9 Å². The summed E-state index contributed by atoms with van der Waals surface area (Å²) in [5.74, 6) is 0.847. The average molecular weight is 415 g/mol. The molecule has 29 heavy (non-hydrogen) atoms. The molecule has 152 valence electrons. The van der Waals surface area contributed by atoms with Gasteiger partial charge < -0.3 is 10.2 Å². The smallest absolute Gasteiger partial charge is 0.293 e. The van der Waals surface area contributed by atoms with Gasteiger partial charge in [0.05, 0.1) is 30.1 Å². The number of aromatic nitrogens is 3. The Labute approximate surface area is 169 Å². The van der Waals surface area contributed by atoms with E-state index in [0.717, 1.165) is 27.4 Å². The van der Waals surface area contributed by atoms with Crippen molar-refractivity contribution in [3.05, 3.63) is 59.3 Å². The summed E-state index contributed by atoms with van der Waals surface area (Å²) in [6.45, 7) is 5.53. The predicted octanol–water partition coefficient (Wildman–Crippen LogP) is 0.412. The number of anilines is 1. The Bertz CT molecular complexity index is 1150. The number of amides is 1. The average Bonchev–Trinajstić information content (AvgIpc) is 3.01. The zero-order valence-corrected chi connectivity index (χ0v) is 17.3. The number of nitrogens with one attached hydrogen (secondary N) is 2. The number of hydrogen-bond acceptors (Lipinski definition) is 5. The van der Waals surface area contributed by atoms with Crippen LogP contribution in [0.5, 0.6) is 0 Å². The first-order chi connectivity index (χ1) is 13.8. The van der Waals surface area contributed by atoms with E-state index in [1.54, 1.807) is 4.40 Å². The number of hydrogen-bond donors (Lipinski definition) is 2. The van der Waals surface area contributed by atoms with E-state index in [9.17, 15) is 13.2 Å². The first-order valence-corrected chi connectivity index (χ1v) is 11.4. The summed E-state index contributed by atoms with van der Waals surface area (Å²) < 4.78 is 25.1. The fourth-order valence-electron chi connectivity index (χ4n) is 3.71. The quantitative estimate of drug-likeness (QED) is 0.645. The monoisotopic (exact) mass is 414 g/mol. The van der Waals surface area contributed by atoms with Crippen LogP contribution in [0.2, 0.25) is 0 Å². The SMILES string of the molecule is Cc1cc(C)nc(NC(=O)c2nc(C[NH+]3CCS(=O)(=O)CC3)c3ccccn23)c1. The van der Waals surface area contributed by atoms with Gasteiger partial charge in [0.15, 0.2) is 9.84 Å². The summed E-state index contributed by atoms with van der Waals surface area (Å²) in [5.41, 5.74) is 3.49. The van der Waals surface area contributed by atoms with Crippen molar-refractivity contribution in [2.45, 2.75) is 20.4 Å². The second-order valence-electron chi connectivity index (χ2n) is 7.54. The fourth-order valence-corrected chi connectivity index (χ4v) is 5.11. The third-order valence-electron chi connectivity index (χ3n) is 5.12. The van der Waals surface area contributed by atoms with E-state index in [1.165, 1.54) is 0 Å². The van der Waals surface area contributed by atoms with E-state index >= 15 is 0 Å². The van der Waals surface area contributed by atoms with Crippen molar-refractivity contribution in [3.8, 4) is 0 Å². The minimum Gasteiger partial charge on any atom is -0.328 e. The number of carbonyl (C=O) groups is 1. The van der Waals surface area contributed by atoms with E-state index in [2.05, 4.69) is 15.3 Å². The maximum absolute atomic E-state index is 12.9. The number of imidazole rings is 1. The lowest BCUT2D eigenvalue weighted by Crippen LogP contribution is -3.13. The number of rotatable bonds is 4. The molecule has 1 saturated heterocycles. The number of quaternary nitrogens is 1. The Morgan fingerprint density at radius 2 is 1.93 bits per heavy atom. The molecule has 4 heterocycles. The van der Waals surface area contributed by atoms with Gasteiger partial charge in [-0.15, -0.1) is 0 Å². The summed E-state index contributed by atoms with van der Waals surface area (Å²) in [6.07, 6.45) is 1.81. The molecule has 0 spiro atoms. The van der Waals surface area contributed by atoms with Crippen molar-refractivity contribution in [1.82, 2.24) is 14.4 Å². The minimum absolute atomic E-state index is 0.194. The van der Waals surface area contributed by atoms with Crippen LogP contribution >= 0.6 is 0 Å². The summed E-state index contributed by atoms with van der Waals surface area (Å²) in [4.78, 5) is 23.1. The van der Waals surface area contributed by atoms with Crippen LogP contribution in [0, 0.1) is 13.8 Å². The molecular weight excluding hydrogens is 390 g/mol. The van der Waals surface area contributed by atoms with Crippen LogP contribution in [0.15, 0.2) is 36.5 Å². The van der Waals surface area contributed by atoms with Gasteiger partial charge in [0.1, 0.15) is 18.1 Å². The molecule has 1 aliphatic rings. The molecule has 0 bridgehead atoms. The van der Waals surface area contributed by atoms with E-state index in [1.807, 2.05) is 50.4 Å². The van der Waals surface area contributed by atoms with Crippen molar-refractivity contribution >= 4 is 27.1 Å². The lowest BCUT2D eigenvalue weighted by molar-refractivity contribution is -0.910. The number of nitrogens with zero attached hydrogens (tertiary/aromatic N) is 3. The highest BCUT2D eigenvalue weighted by Crippen LogP contribution is 2.15. The Balaban J connectivity index is 1.61. The molecule has 0 aliphatic carbocycles. The molecule has 0 radical (unpaired) electrons. The van der Waals surface area contributed by atoms with Crippen molar-refractivity contribution in [1.29, 1.82) is 0 Å². The van der Waals surface area contributed by atoms with Crippen molar-refractivity contribution in [3.63, 3.8) is 0 Å². The van der Waals surface area contributed by atoms with E-state index < -0.39 is 9.84 Å². The summed E-state index contributed by atoms with van der Waals surface area (Å²) >= 11 is 0. The van der Waals surface area contributed by atoms with Gasteiger partial charge in [-0.2, -0.15) is 0 Å². The molecule has 4 rings (SSSR count). The van der Waals surface area contributed by atoms with E-state index in [-0.39, 0.29) is 17.4 Å². The lowest BCUT2D eigenvalue weighted by Gasteiger charge is -2.22. The Morgan fingerprint density at radius 3 is 2.66 bits per heavy atom. The molecule has 0 aromatic carbocycles. The van der Waals surface area contributed by atoms with Crippen LogP contribution in [0.1, 0.15) is 27.6 Å². The van der Waals surface area contributed by atoms with Gasteiger partial charge in [0, 0.05) is 11.9 Å². The molecular formula is C20H24N5O3S+. The van der Waals surface area contributed by atoms with Crippen LogP contribution in [0.4, 0.5) is 5.82 Å². The topological polar surface area (TPSA) is 97.9 Å². The Hall–Kier alpha value is -2.78. The van der Waals surface area contributed by atoms with Crippen LogP contribution in [-0.4, -0.2) is 53.3 Å². The van der Waals surface area contributed by atoms with Crippen molar-refractivity contribution in [2.24, 2.45) is 0 Å². The maximum atomic E-state index is 12.9. The number of carbonyl (C=O) groups excluding carboxylic acids is 1. The molecule has 2 N–H and O–H groups in total. The largest absolute Gasteiger partial charge is 0.328 e. The van der Waals surface area contributed by atoms with Crippen LogP contribution in [-0.2, 0) is 16.4 Å². The fraction of sp³-hybridized carbons (Fsp3) is 0.350. The van der Waals surface area contributed by atoms with Crippen LogP contribution < -0.4 is 10.2 Å². The van der Waals surface area contributed by atoms with E-state index in [0.29, 0.717) is 31.3 Å². The second kappa shape index (κ2) is 7.57. The first kappa shape index (κ1) is 19.5. The lowest BCUT2D eigenvalue weighted by atomic mass is 10.2. The highest BCUT2D eigenvalue weighted by atomic mass is 32.2. The van der Waals surface area contributed by atoms with Gasteiger partial charge in [-0.25, -0.2) is 18.4 Å². The zero-order valence-electron chi connectivity index (χ0n) is 16.5. The molecule has 0 atom stereocenters. The zero-order chi connectivity index (χ0) is 20.6. The van der Waals surface area contributed by atoms with Gasteiger partial charge in [-0.1, -0.05) is 6.07 Å². The van der Waals surface area contributed by atoms with Crippen molar-refractivity contribution < 1.29 is 18.1 Å². The molecule has 1 amide bonds. The summed E-state index contributed by atoms with van der Waals surface area (Å²) in [5, 5.41) is 2.84. The Morgan fingerprint density at radius 1 is 1.17 bits per heavy atom. The number of sulfone groups is 1. The second-order valence-corrected chi connectivity index (χ2v) is 9.85. The minimum atomic E-state index is -2.92. The van der Waals surface area contributed by atoms with Gasteiger partial charge in [0.2, 0.25) is 5.82 Å². The summed E-state index contributed by atoms with van der Waals surface area (Å²) in [7, 11) is -2.92. The third-order valence-corrected chi connectivity index (χ3v) is 6.77. The Kier molecular flexibility index (Phi) is 5.10. The van der Waals surface area contributed by atoms with Gasteiger partial charge in [-0.05, 0) is 43.7 Å². The molecule has 0 saturated carbocycles. The highest BCUT2D eigenvalue weighted by Gasteiger charge is 2.27. The van der Waals surface area contributed by atoms with Crippen LogP contribution in [0.3, 0.4) is 0 Å². The number of fused-ring (bicyclic) bond motifs is 1. The van der Waals surface area contributed by atoms with Gasteiger partial charge in [-0.3, -0.25) is 9.20 Å². The molecule has 1 aliphatic heterocycles. The van der Waals surface area contributed by atoms with Gasteiger partial charge >= 0.3 is 0 Å². The summed E-state index contributed by atoms with van der Waals surface area (Å²) in [6, 6.07) is 9.45.